The number of carbonyl (C=O) groups is 2. The summed E-state index contributed by atoms with van der Waals surface area (Å²) in [6, 6.07) is 5.03. The third-order valence-corrected chi connectivity index (χ3v) is 4.47. The van der Waals surface area contributed by atoms with Gasteiger partial charge in [-0.2, -0.15) is 0 Å². The first-order valence-corrected chi connectivity index (χ1v) is 7.78. The number of likely N-dealkylation sites (N-methyl/N-ethyl adjacent to an activating group) is 1. The van der Waals surface area contributed by atoms with Crippen molar-refractivity contribution in [2.45, 2.75) is 38.1 Å². The van der Waals surface area contributed by atoms with E-state index in [1.165, 1.54) is 11.3 Å². The van der Waals surface area contributed by atoms with Crippen molar-refractivity contribution < 1.29 is 9.59 Å². The van der Waals surface area contributed by atoms with E-state index in [9.17, 15) is 9.59 Å². The number of nitrogens with one attached hydrogen (secondary N) is 1. The number of halogens is 2. The van der Waals surface area contributed by atoms with E-state index in [1.54, 1.807) is 25.2 Å². The predicted molar refractivity (Wildman–Crippen MR) is 84.7 cm³/mol. The molecular weight excluding hydrogens is 311 g/mol. The minimum absolute atomic E-state index is 0.138. The summed E-state index contributed by atoms with van der Waals surface area (Å²) in [4.78, 5) is 25.8. The number of carbonyl (C=O) groups excluding carboxylic acids is 2. The van der Waals surface area contributed by atoms with Crippen molar-refractivity contribution in [2.24, 2.45) is 0 Å². The summed E-state index contributed by atoms with van der Waals surface area (Å²) in [5.41, 5.74) is 0.274. The Labute approximate surface area is 134 Å². The zero-order valence-corrected chi connectivity index (χ0v) is 13.4. The highest BCUT2D eigenvalue weighted by molar-refractivity contribution is 6.44. The minimum atomic E-state index is -0.710. The van der Waals surface area contributed by atoms with Crippen molar-refractivity contribution in [1.29, 1.82) is 0 Å². The van der Waals surface area contributed by atoms with Gasteiger partial charge in [0.05, 0.1) is 15.7 Å². The van der Waals surface area contributed by atoms with Crippen LogP contribution >= 0.6 is 23.2 Å². The molecule has 0 spiro atoms. The lowest BCUT2D eigenvalue weighted by atomic mass is 9.94. The zero-order chi connectivity index (χ0) is 15.4. The Morgan fingerprint density at radius 2 is 1.71 bits per heavy atom. The highest BCUT2D eigenvalue weighted by atomic mass is 35.5. The summed E-state index contributed by atoms with van der Waals surface area (Å²) >= 11 is 12.0. The van der Waals surface area contributed by atoms with Crippen molar-refractivity contribution in [2.75, 3.05) is 12.4 Å². The average molecular weight is 329 g/mol. The van der Waals surface area contributed by atoms with Gasteiger partial charge in [-0.05, 0) is 25.0 Å². The first kappa shape index (κ1) is 16.1. The molecule has 0 bridgehead atoms. The van der Waals surface area contributed by atoms with Gasteiger partial charge in [-0.15, -0.1) is 0 Å². The van der Waals surface area contributed by atoms with E-state index in [1.807, 2.05) is 0 Å². The van der Waals surface area contributed by atoms with Crippen molar-refractivity contribution in [3.63, 3.8) is 0 Å². The average Bonchev–Trinajstić information content (AvgIpc) is 2.50. The Hall–Kier alpha value is -1.26. The SMILES string of the molecule is CN(C(=O)C(=O)Nc1c(Cl)cccc1Cl)C1CCCCC1. The number of nitrogens with zero attached hydrogens (tertiary/aromatic N) is 1. The summed E-state index contributed by atoms with van der Waals surface area (Å²) < 4.78 is 0. The van der Waals surface area contributed by atoms with Gasteiger partial charge in [-0.3, -0.25) is 9.59 Å². The largest absolute Gasteiger partial charge is 0.335 e. The molecule has 0 saturated heterocycles. The lowest BCUT2D eigenvalue weighted by Gasteiger charge is -2.30. The van der Waals surface area contributed by atoms with E-state index in [2.05, 4.69) is 5.32 Å². The number of hydrogen-bond acceptors (Lipinski definition) is 2. The van der Waals surface area contributed by atoms with E-state index in [-0.39, 0.29) is 11.7 Å². The number of hydrogen-bond donors (Lipinski definition) is 1. The molecule has 2 rings (SSSR count). The molecule has 0 aliphatic heterocycles. The normalized spacial score (nSPS) is 15.6. The van der Waals surface area contributed by atoms with E-state index < -0.39 is 11.8 Å². The Bertz CT molecular complexity index is 522. The number of anilines is 1. The summed E-state index contributed by atoms with van der Waals surface area (Å²) in [6.45, 7) is 0. The quantitative estimate of drug-likeness (QED) is 0.841. The standard InChI is InChI=1S/C15H18Cl2N2O2/c1-19(10-6-3-2-4-7-10)15(21)14(20)18-13-11(16)8-5-9-12(13)17/h5,8-10H,2-4,6-7H2,1H3,(H,18,20). The molecule has 1 aromatic rings. The van der Waals surface area contributed by atoms with Gasteiger partial charge in [0.2, 0.25) is 0 Å². The molecule has 1 N–H and O–H groups in total. The first-order chi connectivity index (χ1) is 10.0. The highest BCUT2D eigenvalue weighted by Gasteiger charge is 2.27. The van der Waals surface area contributed by atoms with Crippen LogP contribution in [0.2, 0.25) is 10.0 Å². The van der Waals surface area contributed by atoms with E-state index in [4.69, 9.17) is 23.2 Å². The lowest BCUT2D eigenvalue weighted by molar-refractivity contribution is -0.144. The first-order valence-electron chi connectivity index (χ1n) is 7.03. The molecule has 1 saturated carbocycles. The summed E-state index contributed by atoms with van der Waals surface area (Å²) in [6.07, 6.45) is 5.28. The molecule has 1 aliphatic rings. The van der Waals surface area contributed by atoms with Crippen LogP contribution in [-0.2, 0) is 9.59 Å². The van der Waals surface area contributed by atoms with Crippen molar-refractivity contribution in [3.05, 3.63) is 28.2 Å². The second-order valence-electron chi connectivity index (χ2n) is 5.26. The fourth-order valence-corrected chi connectivity index (χ4v) is 3.07. The van der Waals surface area contributed by atoms with Crippen molar-refractivity contribution >= 4 is 40.7 Å². The van der Waals surface area contributed by atoms with Gasteiger partial charge in [0.1, 0.15) is 0 Å². The molecule has 2 amide bonds. The smallest absolute Gasteiger partial charge is 0.313 e. The molecule has 4 nitrogen and oxygen atoms in total. The van der Waals surface area contributed by atoms with E-state index in [0.29, 0.717) is 10.0 Å². The predicted octanol–water partition coefficient (Wildman–Crippen LogP) is 3.72. The Morgan fingerprint density at radius 1 is 1.14 bits per heavy atom. The molecule has 0 heterocycles. The molecular formula is C15H18Cl2N2O2. The van der Waals surface area contributed by atoms with Crippen LogP contribution in [0.15, 0.2) is 18.2 Å². The van der Waals surface area contributed by atoms with Gasteiger partial charge in [0.15, 0.2) is 0 Å². The summed E-state index contributed by atoms with van der Waals surface area (Å²) in [7, 11) is 1.67. The second kappa shape index (κ2) is 7.14. The monoisotopic (exact) mass is 328 g/mol. The maximum Gasteiger partial charge on any atom is 0.313 e. The van der Waals surface area contributed by atoms with Crippen molar-refractivity contribution in [1.82, 2.24) is 4.90 Å². The molecule has 1 fully saturated rings. The molecule has 0 unspecified atom stereocenters. The molecule has 0 atom stereocenters. The van der Waals surface area contributed by atoms with Gasteiger partial charge >= 0.3 is 11.8 Å². The minimum Gasteiger partial charge on any atom is -0.335 e. The topological polar surface area (TPSA) is 49.4 Å². The van der Waals surface area contributed by atoms with E-state index >= 15 is 0 Å². The Morgan fingerprint density at radius 3 is 2.29 bits per heavy atom. The van der Waals surface area contributed by atoms with Gasteiger partial charge in [-0.25, -0.2) is 0 Å². The molecule has 1 aromatic carbocycles. The fraction of sp³-hybridized carbons (Fsp3) is 0.467. The third kappa shape index (κ3) is 3.89. The maximum atomic E-state index is 12.2. The molecule has 0 aromatic heterocycles. The fourth-order valence-electron chi connectivity index (χ4n) is 2.58. The molecule has 6 heteroatoms. The third-order valence-electron chi connectivity index (χ3n) is 3.84. The lowest BCUT2D eigenvalue weighted by Crippen LogP contribution is -2.44. The van der Waals surface area contributed by atoms with Crippen molar-refractivity contribution in [3.8, 4) is 0 Å². The van der Waals surface area contributed by atoms with Crippen LogP contribution in [-0.4, -0.2) is 29.8 Å². The second-order valence-corrected chi connectivity index (χ2v) is 6.07. The van der Waals surface area contributed by atoms with Gasteiger partial charge in [-0.1, -0.05) is 48.5 Å². The molecule has 1 aliphatic carbocycles. The van der Waals surface area contributed by atoms with E-state index in [0.717, 1.165) is 25.7 Å². The van der Waals surface area contributed by atoms with Gasteiger partial charge in [0.25, 0.3) is 0 Å². The Balaban J connectivity index is 2.04. The van der Waals surface area contributed by atoms with Crippen LogP contribution in [0.25, 0.3) is 0 Å². The summed E-state index contributed by atoms with van der Waals surface area (Å²) in [5, 5.41) is 3.12. The van der Waals surface area contributed by atoms with Crippen LogP contribution in [0, 0.1) is 0 Å². The summed E-state index contributed by atoms with van der Waals surface area (Å²) in [5.74, 6) is -1.27. The van der Waals surface area contributed by atoms with Crippen LogP contribution in [0.3, 0.4) is 0 Å². The maximum absolute atomic E-state index is 12.2. The van der Waals surface area contributed by atoms with Crippen LogP contribution < -0.4 is 5.32 Å². The van der Waals surface area contributed by atoms with Gasteiger partial charge < -0.3 is 10.2 Å². The molecule has 0 radical (unpaired) electrons. The number of benzene rings is 1. The highest BCUT2D eigenvalue weighted by Crippen LogP contribution is 2.30. The molecule has 21 heavy (non-hydrogen) atoms. The zero-order valence-electron chi connectivity index (χ0n) is 11.9. The van der Waals surface area contributed by atoms with Gasteiger partial charge in [0, 0.05) is 13.1 Å². The number of para-hydroxylation sites is 1. The van der Waals surface area contributed by atoms with Crippen LogP contribution in [0.4, 0.5) is 5.69 Å². The number of rotatable bonds is 2. The molecule has 114 valence electrons. The number of amides is 2. The Kier molecular flexibility index (Phi) is 5.48. The van der Waals surface area contributed by atoms with Crippen LogP contribution in [0.1, 0.15) is 32.1 Å². The van der Waals surface area contributed by atoms with Crippen LogP contribution in [0.5, 0.6) is 0 Å².